The van der Waals surface area contributed by atoms with E-state index in [1.165, 1.54) is 13.0 Å². The summed E-state index contributed by atoms with van der Waals surface area (Å²) in [6.45, 7) is 15.1. The fraction of sp³-hybridized carbons (Fsp3) is 1.00. The van der Waals surface area contributed by atoms with Gasteiger partial charge >= 0.3 is 0 Å². The first-order valence-corrected chi connectivity index (χ1v) is 6.55. The van der Waals surface area contributed by atoms with E-state index in [2.05, 4.69) is 44.8 Å². The highest BCUT2D eigenvalue weighted by atomic mass is 16.5. The van der Waals surface area contributed by atoms with Crippen LogP contribution in [0.1, 0.15) is 41.0 Å². The second kappa shape index (κ2) is 5.99. The molecule has 0 amide bonds. The Morgan fingerprint density at radius 1 is 1.44 bits per heavy atom. The molecule has 0 spiro atoms. The van der Waals surface area contributed by atoms with Crippen LogP contribution in [0.2, 0.25) is 0 Å². The Kier molecular flexibility index (Phi) is 5.22. The minimum absolute atomic E-state index is 0.0124. The fourth-order valence-electron chi connectivity index (χ4n) is 2.56. The van der Waals surface area contributed by atoms with Crippen LogP contribution in [0.5, 0.6) is 0 Å². The van der Waals surface area contributed by atoms with Crippen LogP contribution in [-0.2, 0) is 4.74 Å². The SMILES string of the molecule is CCOC(C)(C)CN1CCC(NC(C)C)C1. The molecule has 1 aliphatic heterocycles. The lowest BCUT2D eigenvalue weighted by Crippen LogP contribution is -2.42. The summed E-state index contributed by atoms with van der Waals surface area (Å²) < 4.78 is 5.75. The van der Waals surface area contributed by atoms with Crippen LogP contribution in [0.15, 0.2) is 0 Å². The molecule has 3 heteroatoms. The van der Waals surface area contributed by atoms with E-state index in [-0.39, 0.29) is 5.60 Å². The lowest BCUT2D eigenvalue weighted by molar-refractivity contribution is -0.0304. The van der Waals surface area contributed by atoms with Gasteiger partial charge in [-0.15, -0.1) is 0 Å². The van der Waals surface area contributed by atoms with Gasteiger partial charge in [0.15, 0.2) is 0 Å². The van der Waals surface area contributed by atoms with Crippen molar-refractivity contribution < 1.29 is 4.74 Å². The zero-order valence-electron chi connectivity index (χ0n) is 11.5. The summed E-state index contributed by atoms with van der Waals surface area (Å²) in [7, 11) is 0. The maximum atomic E-state index is 5.75. The quantitative estimate of drug-likeness (QED) is 0.751. The summed E-state index contributed by atoms with van der Waals surface area (Å²) in [4.78, 5) is 2.51. The molecule has 0 aromatic carbocycles. The molecule has 0 bridgehead atoms. The van der Waals surface area contributed by atoms with Gasteiger partial charge in [0, 0.05) is 31.8 Å². The predicted octanol–water partition coefficient (Wildman–Crippen LogP) is 1.87. The molecule has 0 radical (unpaired) electrons. The first-order valence-electron chi connectivity index (χ1n) is 6.55. The topological polar surface area (TPSA) is 24.5 Å². The lowest BCUT2D eigenvalue weighted by Gasteiger charge is -2.30. The predicted molar refractivity (Wildman–Crippen MR) is 68.8 cm³/mol. The molecule has 96 valence electrons. The lowest BCUT2D eigenvalue weighted by atomic mass is 10.1. The Morgan fingerprint density at radius 3 is 2.69 bits per heavy atom. The Bertz CT molecular complexity index is 204. The second-order valence-electron chi connectivity index (χ2n) is 5.73. The molecule has 1 atom stereocenters. The number of hydrogen-bond donors (Lipinski definition) is 1. The highest BCUT2D eigenvalue weighted by Crippen LogP contribution is 2.16. The summed E-state index contributed by atoms with van der Waals surface area (Å²) in [6.07, 6.45) is 1.26. The maximum absolute atomic E-state index is 5.75. The monoisotopic (exact) mass is 228 g/mol. The average molecular weight is 228 g/mol. The number of nitrogens with zero attached hydrogens (tertiary/aromatic N) is 1. The van der Waals surface area contributed by atoms with E-state index < -0.39 is 0 Å². The van der Waals surface area contributed by atoms with Gasteiger partial charge in [0.2, 0.25) is 0 Å². The molecular weight excluding hydrogens is 200 g/mol. The Hall–Kier alpha value is -0.120. The summed E-state index contributed by atoms with van der Waals surface area (Å²) in [5.41, 5.74) is -0.0124. The van der Waals surface area contributed by atoms with Crippen molar-refractivity contribution in [3.8, 4) is 0 Å². The largest absolute Gasteiger partial charge is 0.375 e. The van der Waals surface area contributed by atoms with Gasteiger partial charge < -0.3 is 10.1 Å². The molecule has 0 aliphatic carbocycles. The van der Waals surface area contributed by atoms with Crippen molar-refractivity contribution in [3.05, 3.63) is 0 Å². The zero-order valence-corrected chi connectivity index (χ0v) is 11.5. The van der Waals surface area contributed by atoms with Gasteiger partial charge in [0.1, 0.15) is 0 Å². The Morgan fingerprint density at radius 2 is 2.12 bits per heavy atom. The van der Waals surface area contributed by atoms with Crippen molar-refractivity contribution >= 4 is 0 Å². The van der Waals surface area contributed by atoms with Crippen molar-refractivity contribution in [2.75, 3.05) is 26.2 Å². The summed E-state index contributed by atoms with van der Waals surface area (Å²) in [5, 5.41) is 3.61. The Balaban J connectivity index is 2.30. The van der Waals surface area contributed by atoms with E-state index in [9.17, 15) is 0 Å². The molecule has 1 aliphatic rings. The minimum atomic E-state index is -0.0124. The van der Waals surface area contributed by atoms with Crippen molar-refractivity contribution in [2.24, 2.45) is 0 Å². The van der Waals surface area contributed by atoms with E-state index >= 15 is 0 Å². The normalized spacial score (nSPS) is 23.2. The van der Waals surface area contributed by atoms with Crippen LogP contribution in [-0.4, -0.2) is 48.8 Å². The van der Waals surface area contributed by atoms with Crippen molar-refractivity contribution in [2.45, 2.75) is 58.7 Å². The van der Waals surface area contributed by atoms with E-state index in [4.69, 9.17) is 4.74 Å². The number of hydrogen-bond acceptors (Lipinski definition) is 3. The molecule has 1 N–H and O–H groups in total. The fourth-order valence-corrected chi connectivity index (χ4v) is 2.56. The van der Waals surface area contributed by atoms with Crippen LogP contribution >= 0.6 is 0 Å². The van der Waals surface area contributed by atoms with Crippen LogP contribution in [0.4, 0.5) is 0 Å². The summed E-state index contributed by atoms with van der Waals surface area (Å²) >= 11 is 0. The highest BCUT2D eigenvalue weighted by Gasteiger charge is 2.28. The smallest absolute Gasteiger partial charge is 0.0752 e. The molecular formula is C13H28N2O. The molecule has 0 saturated carbocycles. The molecule has 3 nitrogen and oxygen atoms in total. The number of nitrogens with one attached hydrogen (secondary N) is 1. The molecule has 1 rings (SSSR count). The second-order valence-corrected chi connectivity index (χ2v) is 5.73. The first-order chi connectivity index (χ1) is 7.43. The molecule has 0 aromatic rings. The van der Waals surface area contributed by atoms with Gasteiger partial charge in [-0.25, -0.2) is 0 Å². The van der Waals surface area contributed by atoms with Gasteiger partial charge in [0.25, 0.3) is 0 Å². The van der Waals surface area contributed by atoms with E-state index in [0.717, 1.165) is 19.7 Å². The van der Waals surface area contributed by atoms with Crippen molar-refractivity contribution in [3.63, 3.8) is 0 Å². The third-order valence-electron chi connectivity index (χ3n) is 2.98. The molecule has 1 heterocycles. The molecule has 0 aromatic heterocycles. The molecule has 1 unspecified atom stereocenters. The number of likely N-dealkylation sites (tertiary alicyclic amines) is 1. The first kappa shape index (κ1) is 13.9. The van der Waals surface area contributed by atoms with E-state index in [1.54, 1.807) is 0 Å². The third-order valence-corrected chi connectivity index (χ3v) is 2.98. The van der Waals surface area contributed by atoms with Gasteiger partial charge in [0.05, 0.1) is 5.60 Å². The van der Waals surface area contributed by atoms with Gasteiger partial charge in [-0.05, 0) is 33.7 Å². The maximum Gasteiger partial charge on any atom is 0.0752 e. The van der Waals surface area contributed by atoms with E-state index in [0.29, 0.717) is 12.1 Å². The minimum Gasteiger partial charge on any atom is -0.375 e. The van der Waals surface area contributed by atoms with Gasteiger partial charge in [-0.1, -0.05) is 13.8 Å². The number of ether oxygens (including phenoxy) is 1. The van der Waals surface area contributed by atoms with Crippen LogP contribution in [0.25, 0.3) is 0 Å². The van der Waals surface area contributed by atoms with Crippen LogP contribution in [0, 0.1) is 0 Å². The molecule has 1 saturated heterocycles. The van der Waals surface area contributed by atoms with Crippen molar-refractivity contribution in [1.82, 2.24) is 10.2 Å². The van der Waals surface area contributed by atoms with Gasteiger partial charge in [-0.2, -0.15) is 0 Å². The molecule has 16 heavy (non-hydrogen) atoms. The van der Waals surface area contributed by atoms with Crippen LogP contribution < -0.4 is 5.32 Å². The summed E-state index contributed by atoms with van der Waals surface area (Å²) in [6, 6.07) is 1.25. The molecule has 1 fully saturated rings. The third kappa shape index (κ3) is 4.81. The standard InChI is InChI=1S/C13H28N2O/c1-6-16-13(4,5)10-15-8-7-12(9-15)14-11(2)3/h11-12,14H,6-10H2,1-5H3. The van der Waals surface area contributed by atoms with Crippen LogP contribution in [0.3, 0.4) is 0 Å². The van der Waals surface area contributed by atoms with E-state index in [1.807, 2.05) is 0 Å². The highest BCUT2D eigenvalue weighted by molar-refractivity contribution is 4.85. The zero-order chi connectivity index (χ0) is 12.2. The van der Waals surface area contributed by atoms with Gasteiger partial charge in [-0.3, -0.25) is 4.90 Å². The van der Waals surface area contributed by atoms with Crippen molar-refractivity contribution in [1.29, 1.82) is 0 Å². The average Bonchev–Trinajstić information content (AvgIpc) is 2.49. The summed E-state index contributed by atoms with van der Waals surface area (Å²) in [5.74, 6) is 0. The Labute approximate surface area is 101 Å². The number of rotatable bonds is 6.